The molecule has 0 spiro atoms. The fraction of sp³-hybridized carbons (Fsp3) is 0.480. The Bertz CT molecular complexity index is 1130. The van der Waals surface area contributed by atoms with Crippen LogP contribution in [-0.2, 0) is 11.3 Å². The lowest BCUT2D eigenvalue weighted by molar-refractivity contribution is -0.00582. The number of hydrogen-bond donors (Lipinski definition) is 2. The maximum Gasteiger partial charge on any atom is 0.263 e. The van der Waals surface area contributed by atoms with E-state index in [1.165, 1.54) is 16.7 Å². The van der Waals surface area contributed by atoms with Crippen molar-refractivity contribution in [1.82, 2.24) is 30.0 Å². The molecule has 0 bridgehead atoms. The summed E-state index contributed by atoms with van der Waals surface area (Å²) in [6, 6.07) is 5.12. The van der Waals surface area contributed by atoms with Gasteiger partial charge in [-0.2, -0.15) is 5.10 Å². The Hall–Kier alpha value is -3.01. The van der Waals surface area contributed by atoms with Crippen LogP contribution in [0, 0.1) is 13.8 Å². The molecule has 0 saturated carbocycles. The van der Waals surface area contributed by atoms with E-state index < -0.39 is 0 Å². The molecule has 2 aliphatic heterocycles. The molecule has 180 valence electrons. The first-order valence-corrected chi connectivity index (χ1v) is 11.9. The Labute approximate surface area is 200 Å². The lowest BCUT2D eigenvalue weighted by Crippen LogP contribution is -2.45. The number of nitrogen functional groups attached to an aromatic ring is 1. The molecule has 4 heterocycles. The van der Waals surface area contributed by atoms with Crippen LogP contribution in [0.2, 0.25) is 0 Å². The Kier molecular flexibility index (Phi) is 6.49. The summed E-state index contributed by atoms with van der Waals surface area (Å²) in [5.74, 6) is 1.17. The van der Waals surface area contributed by atoms with E-state index in [0.29, 0.717) is 23.7 Å². The van der Waals surface area contributed by atoms with Crippen molar-refractivity contribution in [3.05, 3.63) is 47.4 Å². The highest BCUT2D eigenvalue weighted by molar-refractivity contribution is 5.64. The summed E-state index contributed by atoms with van der Waals surface area (Å²) in [6.45, 7) is 8.81. The topological polar surface area (TPSA) is 103 Å². The molecule has 0 aliphatic carbocycles. The molecule has 0 atom stereocenters. The van der Waals surface area contributed by atoms with Gasteiger partial charge in [0, 0.05) is 12.1 Å². The van der Waals surface area contributed by atoms with E-state index >= 15 is 0 Å². The van der Waals surface area contributed by atoms with Crippen molar-refractivity contribution in [3.63, 3.8) is 0 Å². The molecule has 0 unspecified atom stereocenters. The van der Waals surface area contributed by atoms with Gasteiger partial charge in [0.15, 0.2) is 11.6 Å². The lowest BCUT2D eigenvalue weighted by atomic mass is 9.97. The highest BCUT2D eigenvalue weighted by atomic mass is 16.5. The van der Waals surface area contributed by atoms with Crippen molar-refractivity contribution in [2.24, 2.45) is 0 Å². The van der Waals surface area contributed by atoms with Crippen LogP contribution >= 0.6 is 0 Å². The number of piperidine rings is 1. The normalized spacial score (nSPS) is 17.6. The largest absolute Gasteiger partial charge is 0.433 e. The number of ether oxygens (including phenoxy) is 2. The van der Waals surface area contributed by atoms with E-state index in [9.17, 15) is 0 Å². The van der Waals surface area contributed by atoms with Crippen molar-refractivity contribution in [3.8, 4) is 22.9 Å². The first-order chi connectivity index (χ1) is 16.5. The van der Waals surface area contributed by atoms with Gasteiger partial charge < -0.3 is 25.4 Å². The van der Waals surface area contributed by atoms with E-state index in [1.54, 1.807) is 12.4 Å². The van der Waals surface area contributed by atoms with Crippen molar-refractivity contribution in [2.45, 2.75) is 45.3 Å². The fourth-order valence-corrected chi connectivity index (χ4v) is 4.56. The van der Waals surface area contributed by atoms with Crippen LogP contribution in [0.25, 0.3) is 11.3 Å². The first kappa shape index (κ1) is 22.8. The van der Waals surface area contributed by atoms with Crippen LogP contribution in [0.15, 0.2) is 30.7 Å². The average Bonchev–Trinajstić information content (AvgIpc) is 3.25. The molecule has 1 aromatic carbocycles. The summed E-state index contributed by atoms with van der Waals surface area (Å²) in [5, 5.41) is 8.06. The number of aromatic nitrogens is 4. The van der Waals surface area contributed by atoms with E-state index in [0.717, 1.165) is 56.9 Å². The minimum Gasteiger partial charge on any atom is -0.433 e. The maximum atomic E-state index is 6.10. The molecular weight excluding hydrogens is 430 g/mol. The number of anilines is 1. The minimum absolute atomic E-state index is 0.257. The van der Waals surface area contributed by atoms with Gasteiger partial charge in [0.25, 0.3) is 5.88 Å². The van der Waals surface area contributed by atoms with Crippen molar-refractivity contribution >= 4 is 5.82 Å². The van der Waals surface area contributed by atoms with Crippen LogP contribution in [0.3, 0.4) is 0 Å². The van der Waals surface area contributed by atoms with Gasteiger partial charge in [0.05, 0.1) is 49.6 Å². The van der Waals surface area contributed by atoms with Crippen LogP contribution in [0.4, 0.5) is 5.82 Å². The number of nitrogens with zero attached hydrogens (tertiary/aromatic N) is 5. The third-order valence-electron chi connectivity index (χ3n) is 6.82. The SMILES string of the molecule is Cc1cc(-c2cnc(N)c(Oc3cnn(C4CCN(C)CC4)c3)n2)cc(C)c1CNC1COC1. The van der Waals surface area contributed by atoms with Gasteiger partial charge in [-0.3, -0.25) is 4.68 Å². The molecule has 9 heteroatoms. The molecule has 9 nitrogen and oxygen atoms in total. The number of rotatable bonds is 7. The van der Waals surface area contributed by atoms with Gasteiger partial charge in [-0.05, 0) is 75.6 Å². The fourth-order valence-electron chi connectivity index (χ4n) is 4.56. The summed E-state index contributed by atoms with van der Waals surface area (Å²) in [6.07, 6.45) is 7.49. The molecule has 0 radical (unpaired) electrons. The van der Waals surface area contributed by atoms with Crippen LogP contribution in [0.1, 0.15) is 35.6 Å². The predicted octanol–water partition coefficient (Wildman–Crippen LogP) is 3.09. The maximum absolute atomic E-state index is 6.10. The van der Waals surface area contributed by atoms with E-state index in [4.69, 9.17) is 20.2 Å². The van der Waals surface area contributed by atoms with Gasteiger partial charge in [-0.1, -0.05) is 0 Å². The molecule has 5 rings (SSSR count). The molecule has 3 aromatic rings. The number of aryl methyl sites for hydroxylation is 2. The number of benzene rings is 1. The molecule has 3 N–H and O–H groups in total. The van der Waals surface area contributed by atoms with Gasteiger partial charge in [-0.15, -0.1) is 0 Å². The second-order valence-electron chi connectivity index (χ2n) is 9.44. The lowest BCUT2D eigenvalue weighted by Gasteiger charge is -2.28. The Morgan fingerprint density at radius 3 is 2.56 bits per heavy atom. The molecule has 2 fully saturated rings. The zero-order valence-electron chi connectivity index (χ0n) is 20.1. The van der Waals surface area contributed by atoms with Crippen molar-refractivity contribution < 1.29 is 9.47 Å². The van der Waals surface area contributed by atoms with Crippen molar-refractivity contribution in [2.75, 3.05) is 39.1 Å². The van der Waals surface area contributed by atoms with Gasteiger partial charge >= 0.3 is 0 Å². The molecule has 2 saturated heterocycles. The zero-order valence-corrected chi connectivity index (χ0v) is 20.1. The summed E-state index contributed by atoms with van der Waals surface area (Å²) in [5.41, 5.74) is 11.5. The van der Waals surface area contributed by atoms with Crippen LogP contribution in [0.5, 0.6) is 11.6 Å². The van der Waals surface area contributed by atoms with Gasteiger partial charge in [-0.25, -0.2) is 9.97 Å². The van der Waals surface area contributed by atoms with E-state index in [1.807, 2.05) is 10.9 Å². The summed E-state index contributed by atoms with van der Waals surface area (Å²) < 4.78 is 13.3. The monoisotopic (exact) mass is 463 g/mol. The Balaban J connectivity index is 1.32. The number of hydrogen-bond acceptors (Lipinski definition) is 8. The molecular formula is C25H33N7O2. The summed E-state index contributed by atoms with van der Waals surface area (Å²) in [4.78, 5) is 11.4. The van der Waals surface area contributed by atoms with Gasteiger partial charge in [0.1, 0.15) is 0 Å². The van der Waals surface area contributed by atoms with Crippen LogP contribution in [-0.4, -0.2) is 64.0 Å². The highest BCUT2D eigenvalue weighted by Crippen LogP contribution is 2.30. The molecule has 0 amide bonds. The Morgan fingerprint density at radius 1 is 1.15 bits per heavy atom. The second-order valence-corrected chi connectivity index (χ2v) is 9.44. The molecule has 34 heavy (non-hydrogen) atoms. The first-order valence-electron chi connectivity index (χ1n) is 11.9. The zero-order chi connectivity index (χ0) is 23.7. The number of nitrogens with one attached hydrogen (secondary N) is 1. The number of nitrogens with two attached hydrogens (primary N) is 1. The van der Waals surface area contributed by atoms with Crippen molar-refractivity contribution in [1.29, 1.82) is 0 Å². The molecule has 2 aliphatic rings. The summed E-state index contributed by atoms with van der Waals surface area (Å²) >= 11 is 0. The Morgan fingerprint density at radius 2 is 1.88 bits per heavy atom. The van der Waals surface area contributed by atoms with Gasteiger partial charge in [0.2, 0.25) is 0 Å². The number of likely N-dealkylation sites (tertiary alicyclic amines) is 1. The highest BCUT2D eigenvalue weighted by Gasteiger charge is 2.20. The van der Waals surface area contributed by atoms with E-state index in [-0.39, 0.29) is 5.82 Å². The summed E-state index contributed by atoms with van der Waals surface area (Å²) in [7, 11) is 2.15. The predicted molar refractivity (Wildman–Crippen MR) is 131 cm³/mol. The molecule has 2 aromatic heterocycles. The van der Waals surface area contributed by atoms with Crippen LogP contribution < -0.4 is 15.8 Å². The standard InChI is InChI=1S/C25H33N7O2/c1-16-8-18(9-17(2)22(16)11-27-19-14-33-15-19)23-12-28-24(26)25(30-23)34-21-10-29-32(13-21)20-4-6-31(3)7-5-20/h8-10,12-13,19-20,27H,4-7,11,14-15H2,1-3H3,(H2,26,28). The second kappa shape index (κ2) is 9.69. The van der Waals surface area contributed by atoms with E-state index in [2.05, 4.69) is 53.3 Å². The smallest absolute Gasteiger partial charge is 0.263 e. The third kappa shape index (κ3) is 4.91. The average molecular weight is 464 g/mol. The third-order valence-corrected chi connectivity index (χ3v) is 6.82. The minimum atomic E-state index is 0.257. The quantitative estimate of drug-likeness (QED) is 0.551.